The topological polar surface area (TPSA) is 64.3 Å². The van der Waals surface area contributed by atoms with E-state index in [0.29, 0.717) is 16.7 Å². The first kappa shape index (κ1) is 14.3. The van der Waals surface area contributed by atoms with Crippen LogP contribution in [0.2, 0.25) is 0 Å². The number of carbonyl (C=O) groups is 3. The average molecular weight is 316 g/mol. The summed E-state index contributed by atoms with van der Waals surface area (Å²) in [5.41, 5.74) is 1.30. The summed E-state index contributed by atoms with van der Waals surface area (Å²) in [6.45, 7) is 1.60. The minimum absolute atomic E-state index is 0.0459. The van der Waals surface area contributed by atoms with Crippen molar-refractivity contribution in [1.29, 1.82) is 0 Å². The van der Waals surface area contributed by atoms with Gasteiger partial charge in [0.1, 0.15) is 5.76 Å². The van der Waals surface area contributed by atoms with E-state index in [0.717, 1.165) is 0 Å². The number of aryl methyl sites for hydroxylation is 1. The van der Waals surface area contributed by atoms with E-state index in [2.05, 4.69) is 0 Å². The van der Waals surface area contributed by atoms with E-state index in [1.165, 1.54) is 0 Å². The Balaban J connectivity index is 1.95. The van der Waals surface area contributed by atoms with Crippen LogP contribution in [0.3, 0.4) is 0 Å². The van der Waals surface area contributed by atoms with E-state index in [-0.39, 0.29) is 40.0 Å². The van der Waals surface area contributed by atoms with Crippen LogP contribution in [0.4, 0.5) is 0 Å². The summed E-state index contributed by atoms with van der Waals surface area (Å²) in [6.07, 6.45) is 0. The van der Waals surface area contributed by atoms with Crippen molar-refractivity contribution in [2.24, 2.45) is 0 Å². The SMILES string of the molecule is Cc1oc2c(c1C(=O)c1ccccc1)C(=O)c1ccccc1C2=O. The molecule has 0 radical (unpaired) electrons. The molecule has 0 saturated carbocycles. The zero-order chi connectivity index (χ0) is 16.8. The van der Waals surface area contributed by atoms with Gasteiger partial charge in [-0.25, -0.2) is 0 Å². The third kappa shape index (κ3) is 1.90. The van der Waals surface area contributed by atoms with Gasteiger partial charge in [-0.05, 0) is 6.92 Å². The molecule has 24 heavy (non-hydrogen) atoms. The molecule has 0 aliphatic heterocycles. The third-order valence-corrected chi connectivity index (χ3v) is 4.20. The van der Waals surface area contributed by atoms with Gasteiger partial charge < -0.3 is 4.42 Å². The molecular weight excluding hydrogens is 304 g/mol. The van der Waals surface area contributed by atoms with E-state index in [1.54, 1.807) is 61.5 Å². The molecule has 1 aliphatic rings. The van der Waals surface area contributed by atoms with E-state index in [1.807, 2.05) is 0 Å². The van der Waals surface area contributed by atoms with Crippen molar-refractivity contribution in [2.75, 3.05) is 0 Å². The number of hydrogen-bond acceptors (Lipinski definition) is 4. The molecule has 4 nitrogen and oxygen atoms in total. The summed E-state index contributed by atoms with van der Waals surface area (Å²) in [5, 5.41) is 0. The lowest BCUT2D eigenvalue weighted by Gasteiger charge is -2.13. The number of furan rings is 1. The Bertz CT molecular complexity index is 1010. The van der Waals surface area contributed by atoms with Gasteiger partial charge in [-0.3, -0.25) is 14.4 Å². The fourth-order valence-corrected chi connectivity index (χ4v) is 3.06. The number of carbonyl (C=O) groups excluding carboxylic acids is 3. The molecule has 0 saturated heterocycles. The van der Waals surface area contributed by atoms with Gasteiger partial charge in [0.2, 0.25) is 5.78 Å². The Morgan fingerprint density at radius 2 is 1.42 bits per heavy atom. The Morgan fingerprint density at radius 1 is 0.833 bits per heavy atom. The Labute approximate surface area is 137 Å². The fourth-order valence-electron chi connectivity index (χ4n) is 3.06. The highest BCUT2D eigenvalue weighted by molar-refractivity contribution is 6.31. The van der Waals surface area contributed by atoms with Crippen LogP contribution in [0.1, 0.15) is 53.7 Å². The predicted octanol–water partition coefficient (Wildman–Crippen LogP) is 3.59. The highest BCUT2D eigenvalue weighted by atomic mass is 16.3. The van der Waals surface area contributed by atoms with Crippen molar-refractivity contribution < 1.29 is 18.8 Å². The lowest BCUT2D eigenvalue weighted by Crippen LogP contribution is -2.21. The number of ketones is 3. The van der Waals surface area contributed by atoms with Crippen molar-refractivity contribution in [3.05, 3.63) is 93.9 Å². The van der Waals surface area contributed by atoms with Crippen molar-refractivity contribution in [3.8, 4) is 0 Å². The number of fused-ring (bicyclic) bond motifs is 2. The Kier molecular flexibility index (Phi) is 3.06. The predicted molar refractivity (Wildman–Crippen MR) is 86.6 cm³/mol. The molecule has 116 valence electrons. The van der Waals surface area contributed by atoms with Gasteiger partial charge in [0.15, 0.2) is 17.3 Å². The maximum atomic E-state index is 12.9. The Hall–Kier alpha value is -3.27. The molecule has 0 spiro atoms. The lowest BCUT2D eigenvalue weighted by atomic mass is 9.85. The van der Waals surface area contributed by atoms with E-state index in [4.69, 9.17) is 4.42 Å². The monoisotopic (exact) mass is 316 g/mol. The van der Waals surface area contributed by atoms with Crippen LogP contribution in [-0.2, 0) is 0 Å². The maximum Gasteiger partial charge on any atom is 0.229 e. The van der Waals surface area contributed by atoms with Crippen LogP contribution >= 0.6 is 0 Å². The van der Waals surface area contributed by atoms with Gasteiger partial charge in [0.05, 0.1) is 11.1 Å². The van der Waals surface area contributed by atoms with Crippen molar-refractivity contribution in [1.82, 2.24) is 0 Å². The minimum atomic E-state index is -0.365. The molecule has 0 bridgehead atoms. The summed E-state index contributed by atoms with van der Waals surface area (Å²) in [6, 6.07) is 15.2. The second-order valence-electron chi connectivity index (χ2n) is 5.64. The summed E-state index contributed by atoms with van der Waals surface area (Å²) >= 11 is 0. The molecule has 1 aliphatic carbocycles. The van der Waals surface area contributed by atoms with Crippen LogP contribution in [0.5, 0.6) is 0 Å². The van der Waals surface area contributed by atoms with Gasteiger partial charge >= 0.3 is 0 Å². The molecule has 1 heterocycles. The van der Waals surface area contributed by atoms with E-state index < -0.39 is 0 Å². The standard InChI is InChI=1S/C20H12O4/c1-11-15(17(21)12-7-3-2-4-8-12)16-18(22)13-9-5-6-10-14(13)19(23)20(16)24-11/h2-10H,1H3. The number of benzene rings is 2. The first-order valence-corrected chi connectivity index (χ1v) is 7.51. The molecule has 0 amide bonds. The van der Waals surface area contributed by atoms with Crippen LogP contribution in [0.25, 0.3) is 0 Å². The number of hydrogen-bond donors (Lipinski definition) is 0. The van der Waals surface area contributed by atoms with Gasteiger partial charge in [-0.2, -0.15) is 0 Å². The zero-order valence-electron chi connectivity index (χ0n) is 12.8. The van der Waals surface area contributed by atoms with Gasteiger partial charge in [0.25, 0.3) is 0 Å². The zero-order valence-corrected chi connectivity index (χ0v) is 12.8. The smallest absolute Gasteiger partial charge is 0.229 e. The van der Waals surface area contributed by atoms with Gasteiger partial charge in [-0.15, -0.1) is 0 Å². The lowest BCUT2D eigenvalue weighted by molar-refractivity contribution is 0.0957. The maximum absolute atomic E-state index is 12.9. The quantitative estimate of drug-likeness (QED) is 0.530. The molecular formula is C20H12O4. The molecule has 0 atom stereocenters. The molecule has 1 aromatic heterocycles. The molecule has 4 heteroatoms. The first-order chi connectivity index (χ1) is 11.6. The summed E-state index contributed by atoms with van der Waals surface area (Å²) in [7, 11) is 0. The van der Waals surface area contributed by atoms with Crippen LogP contribution in [0.15, 0.2) is 59.0 Å². The fraction of sp³-hybridized carbons (Fsp3) is 0.0500. The van der Waals surface area contributed by atoms with Crippen molar-refractivity contribution >= 4 is 17.3 Å². The van der Waals surface area contributed by atoms with Gasteiger partial charge in [0, 0.05) is 16.7 Å². The minimum Gasteiger partial charge on any atom is -0.456 e. The Morgan fingerprint density at radius 3 is 2.08 bits per heavy atom. The normalized spacial score (nSPS) is 12.7. The largest absolute Gasteiger partial charge is 0.456 e. The summed E-state index contributed by atoms with van der Waals surface area (Å²) < 4.78 is 5.53. The first-order valence-electron chi connectivity index (χ1n) is 7.51. The van der Waals surface area contributed by atoms with Crippen LogP contribution in [-0.4, -0.2) is 17.3 Å². The summed E-state index contributed by atoms with van der Waals surface area (Å²) in [4.78, 5) is 38.3. The highest BCUT2D eigenvalue weighted by Gasteiger charge is 2.38. The molecule has 0 N–H and O–H groups in total. The number of rotatable bonds is 2. The van der Waals surface area contributed by atoms with Crippen molar-refractivity contribution in [3.63, 3.8) is 0 Å². The second-order valence-corrected chi connectivity index (χ2v) is 5.64. The highest BCUT2D eigenvalue weighted by Crippen LogP contribution is 2.34. The van der Waals surface area contributed by atoms with Crippen LogP contribution < -0.4 is 0 Å². The molecule has 2 aromatic carbocycles. The van der Waals surface area contributed by atoms with E-state index >= 15 is 0 Å². The second kappa shape index (κ2) is 5.13. The van der Waals surface area contributed by atoms with E-state index in [9.17, 15) is 14.4 Å². The molecule has 0 fully saturated rings. The average Bonchev–Trinajstić information content (AvgIpc) is 2.97. The molecule has 0 unspecified atom stereocenters. The third-order valence-electron chi connectivity index (χ3n) is 4.20. The molecule has 3 aromatic rings. The summed E-state index contributed by atoms with van der Waals surface area (Å²) in [5.74, 6) is -0.802. The van der Waals surface area contributed by atoms with Crippen LogP contribution in [0, 0.1) is 6.92 Å². The molecule has 4 rings (SSSR count). The van der Waals surface area contributed by atoms with Crippen molar-refractivity contribution in [2.45, 2.75) is 6.92 Å². The van der Waals surface area contributed by atoms with Gasteiger partial charge in [-0.1, -0.05) is 54.6 Å².